The van der Waals surface area contributed by atoms with E-state index in [1.807, 2.05) is 0 Å². The molecule has 0 saturated carbocycles. The van der Waals surface area contributed by atoms with Crippen LogP contribution in [0.25, 0.3) is 0 Å². The topological polar surface area (TPSA) is 85.3 Å². The molecule has 86 valence electrons. The summed E-state index contributed by atoms with van der Waals surface area (Å²) in [4.78, 5) is 13.3. The van der Waals surface area contributed by atoms with Gasteiger partial charge in [-0.25, -0.2) is 9.89 Å². The van der Waals surface area contributed by atoms with E-state index in [0.717, 1.165) is 5.56 Å². The van der Waals surface area contributed by atoms with Gasteiger partial charge in [0.15, 0.2) is 5.16 Å². The van der Waals surface area contributed by atoms with Crippen molar-refractivity contribution in [1.29, 1.82) is 5.26 Å². The Morgan fingerprint density at radius 2 is 2.35 bits per heavy atom. The first kappa shape index (κ1) is 11.8. The Hall–Kier alpha value is -1.71. The summed E-state index contributed by atoms with van der Waals surface area (Å²) in [7, 11) is 0. The molecule has 0 aliphatic carbocycles. The second-order valence-corrected chi connectivity index (χ2v) is 4.59. The molecule has 1 aromatic carbocycles. The van der Waals surface area contributed by atoms with E-state index in [9.17, 15) is 4.79 Å². The monoisotopic (exact) mass is 266 g/mol. The normalized spacial score (nSPS) is 10.1. The molecule has 0 fully saturated rings. The molecule has 2 aromatic rings. The first-order valence-corrected chi connectivity index (χ1v) is 6.01. The van der Waals surface area contributed by atoms with Crippen LogP contribution in [-0.2, 0) is 5.75 Å². The van der Waals surface area contributed by atoms with Gasteiger partial charge >= 0.3 is 5.69 Å². The van der Waals surface area contributed by atoms with Gasteiger partial charge in [-0.05, 0) is 17.7 Å². The predicted octanol–water partition coefficient (Wildman–Crippen LogP) is 1.92. The summed E-state index contributed by atoms with van der Waals surface area (Å²) >= 11 is 7.13. The third-order valence-corrected chi connectivity index (χ3v) is 3.19. The molecule has 1 heterocycles. The molecular formula is C10H7ClN4OS. The van der Waals surface area contributed by atoms with E-state index in [1.165, 1.54) is 11.8 Å². The van der Waals surface area contributed by atoms with Gasteiger partial charge < -0.3 is 0 Å². The maximum absolute atomic E-state index is 10.8. The smallest absolute Gasteiger partial charge is 0.284 e. The average Bonchev–Trinajstić information content (AvgIpc) is 2.73. The zero-order valence-electron chi connectivity index (χ0n) is 8.53. The molecule has 17 heavy (non-hydrogen) atoms. The summed E-state index contributed by atoms with van der Waals surface area (Å²) in [5.41, 5.74) is 1.04. The summed E-state index contributed by atoms with van der Waals surface area (Å²) in [6, 6.07) is 7.21. The predicted molar refractivity (Wildman–Crippen MR) is 64.9 cm³/mol. The van der Waals surface area contributed by atoms with Gasteiger partial charge in [0.2, 0.25) is 0 Å². The first-order valence-electron chi connectivity index (χ1n) is 4.65. The van der Waals surface area contributed by atoms with Crippen molar-refractivity contribution in [2.75, 3.05) is 0 Å². The van der Waals surface area contributed by atoms with Crippen LogP contribution >= 0.6 is 23.4 Å². The van der Waals surface area contributed by atoms with Gasteiger partial charge in [0.1, 0.15) is 0 Å². The summed E-state index contributed by atoms with van der Waals surface area (Å²) in [5.74, 6) is 0.543. The van der Waals surface area contributed by atoms with Gasteiger partial charge in [0.05, 0.1) is 11.6 Å². The van der Waals surface area contributed by atoms with Crippen LogP contribution in [0.15, 0.2) is 28.2 Å². The molecule has 0 saturated heterocycles. The molecule has 2 N–H and O–H groups in total. The van der Waals surface area contributed by atoms with Crippen LogP contribution in [0.2, 0.25) is 5.02 Å². The second-order valence-electron chi connectivity index (χ2n) is 3.18. The zero-order chi connectivity index (χ0) is 12.3. The highest BCUT2D eigenvalue weighted by Gasteiger charge is 2.05. The highest BCUT2D eigenvalue weighted by atomic mass is 35.5. The number of aromatic nitrogens is 3. The van der Waals surface area contributed by atoms with Crippen molar-refractivity contribution in [1.82, 2.24) is 15.2 Å². The van der Waals surface area contributed by atoms with Crippen LogP contribution in [0, 0.1) is 11.3 Å². The van der Waals surface area contributed by atoms with Crippen molar-refractivity contribution in [3.8, 4) is 6.07 Å². The molecular weight excluding hydrogens is 260 g/mol. The number of rotatable bonds is 3. The number of hydrogen-bond donors (Lipinski definition) is 2. The summed E-state index contributed by atoms with van der Waals surface area (Å²) < 4.78 is 0. The molecule has 0 amide bonds. The summed E-state index contributed by atoms with van der Waals surface area (Å²) in [5, 5.41) is 16.0. The fourth-order valence-corrected chi connectivity index (χ4v) is 2.24. The third-order valence-electron chi connectivity index (χ3n) is 2.04. The molecule has 0 aliphatic rings. The molecule has 0 atom stereocenters. The van der Waals surface area contributed by atoms with Crippen LogP contribution in [-0.4, -0.2) is 15.2 Å². The average molecular weight is 267 g/mol. The summed E-state index contributed by atoms with van der Waals surface area (Å²) in [6.45, 7) is 0. The fraction of sp³-hybridized carbons (Fsp3) is 0.100. The minimum Gasteiger partial charge on any atom is -0.284 e. The molecule has 0 unspecified atom stereocenters. The minimum atomic E-state index is -0.343. The lowest BCUT2D eigenvalue weighted by Gasteiger charge is -2.02. The highest BCUT2D eigenvalue weighted by molar-refractivity contribution is 7.98. The van der Waals surface area contributed by atoms with Crippen LogP contribution in [0.1, 0.15) is 11.1 Å². The van der Waals surface area contributed by atoms with Gasteiger partial charge in [0, 0.05) is 10.8 Å². The first-order chi connectivity index (χ1) is 8.19. The van der Waals surface area contributed by atoms with E-state index in [2.05, 4.69) is 21.3 Å². The second kappa shape index (κ2) is 5.08. The molecule has 0 spiro atoms. The van der Waals surface area contributed by atoms with Crippen molar-refractivity contribution in [2.24, 2.45) is 0 Å². The van der Waals surface area contributed by atoms with Crippen LogP contribution in [0.3, 0.4) is 0 Å². The lowest BCUT2D eigenvalue weighted by Crippen LogP contribution is -2.00. The van der Waals surface area contributed by atoms with Crippen LogP contribution < -0.4 is 5.69 Å². The molecule has 0 radical (unpaired) electrons. The largest absolute Gasteiger partial charge is 0.341 e. The Morgan fingerprint density at radius 3 is 3.00 bits per heavy atom. The van der Waals surface area contributed by atoms with E-state index in [-0.39, 0.29) is 5.69 Å². The highest BCUT2D eigenvalue weighted by Crippen LogP contribution is 2.22. The standard InChI is InChI=1S/C10H7ClN4OS/c11-8-2-1-6(7(3-8)4-12)5-17-10-13-9(16)14-15-10/h1-3H,5H2,(H2,13,14,15,16). The van der Waals surface area contributed by atoms with E-state index in [0.29, 0.717) is 21.5 Å². The van der Waals surface area contributed by atoms with Gasteiger partial charge in [0.25, 0.3) is 0 Å². The molecule has 7 heteroatoms. The van der Waals surface area contributed by atoms with Crippen LogP contribution in [0.4, 0.5) is 0 Å². The van der Waals surface area contributed by atoms with E-state index < -0.39 is 0 Å². The number of nitriles is 1. The van der Waals surface area contributed by atoms with Gasteiger partial charge in [-0.1, -0.05) is 29.4 Å². The number of hydrogen-bond acceptors (Lipinski definition) is 4. The van der Waals surface area contributed by atoms with Gasteiger partial charge in [-0.2, -0.15) is 5.26 Å². The van der Waals surface area contributed by atoms with Crippen molar-refractivity contribution in [3.05, 3.63) is 44.8 Å². The van der Waals surface area contributed by atoms with E-state index >= 15 is 0 Å². The quantitative estimate of drug-likeness (QED) is 0.831. The molecule has 5 nitrogen and oxygen atoms in total. The molecule has 1 aromatic heterocycles. The SMILES string of the molecule is N#Cc1cc(Cl)ccc1CSc1n[nH]c(=O)[nH]1. The van der Waals surface area contributed by atoms with E-state index in [4.69, 9.17) is 16.9 Å². The maximum atomic E-state index is 10.8. The number of H-pyrrole nitrogens is 2. The van der Waals surface area contributed by atoms with Crippen LogP contribution in [0.5, 0.6) is 0 Å². The number of nitrogens with zero attached hydrogens (tertiary/aromatic N) is 2. The van der Waals surface area contributed by atoms with Crippen molar-refractivity contribution in [3.63, 3.8) is 0 Å². The van der Waals surface area contributed by atoms with Gasteiger partial charge in [-0.3, -0.25) is 4.98 Å². The molecule has 2 rings (SSSR count). The molecule has 0 aliphatic heterocycles. The number of benzene rings is 1. The van der Waals surface area contributed by atoms with Gasteiger partial charge in [-0.15, -0.1) is 5.10 Å². The molecule has 0 bridgehead atoms. The van der Waals surface area contributed by atoms with Crippen molar-refractivity contribution in [2.45, 2.75) is 10.9 Å². The zero-order valence-corrected chi connectivity index (χ0v) is 10.1. The summed E-state index contributed by atoms with van der Waals surface area (Å²) in [6.07, 6.45) is 0. The Morgan fingerprint density at radius 1 is 1.53 bits per heavy atom. The Labute approximate surface area is 106 Å². The fourth-order valence-electron chi connectivity index (χ4n) is 1.25. The minimum absolute atomic E-state index is 0.343. The third kappa shape index (κ3) is 2.90. The number of aromatic amines is 2. The number of halogens is 1. The Bertz CT molecular complexity index is 628. The lowest BCUT2D eigenvalue weighted by molar-refractivity contribution is 0.970. The lowest BCUT2D eigenvalue weighted by atomic mass is 10.1. The van der Waals surface area contributed by atoms with Crippen molar-refractivity contribution >= 4 is 23.4 Å². The van der Waals surface area contributed by atoms with Crippen molar-refractivity contribution < 1.29 is 0 Å². The number of nitrogens with one attached hydrogen (secondary N) is 2. The maximum Gasteiger partial charge on any atom is 0.341 e. The Kier molecular flexibility index (Phi) is 3.52. The Balaban J connectivity index is 2.14. The van der Waals surface area contributed by atoms with E-state index in [1.54, 1.807) is 18.2 Å². The number of thioether (sulfide) groups is 1.